The Kier molecular flexibility index (Phi) is 2.43. The Balaban J connectivity index is 1.39. The molecule has 2 N–H and O–H groups in total. The highest BCUT2D eigenvalue weighted by atomic mass is 16.3. The van der Waals surface area contributed by atoms with Gasteiger partial charge in [0, 0.05) is 18.2 Å². The highest BCUT2D eigenvalue weighted by molar-refractivity contribution is 5.87. The van der Waals surface area contributed by atoms with Gasteiger partial charge in [-0.3, -0.25) is 0 Å². The van der Waals surface area contributed by atoms with Crippen molar-refractivity contribution in [1.82, 2.24) is 5.32 Å². The van der Waals surface area contributed by atoms with Crippen LogP contribution in [0, 0.1) is 23.7 Å². The van der Waals surface area contributed by atoms with E-state index >= 15 is 0 Å². The fourth-order valence-corrected chi connectivity index (χ4v) is 5.33. The number of phenols is 1. The van der Waals surface area contributed by atoms with Crippen LogP contribution in [0.5, 0.6) is 5.75 Å². The van der Waals surface area contributed by atoms with Gasteiger partial charge in [0.15, 0.2) is 0 Å². The summed E-state index contributed by atoms with van der Waals surface area (Å²) >= 11 is 0. The van der Waals surface area contributed by atoms with Crippen molar-refractivity contribution in [2.45, 2.75) is 31.8 Å². The minimum absolute atomic E-state index is 0.426. The molecule has 0 heterocycles. The number of nitrogens with one attached hydrogen (secondary N) is 1. The minimum atomic E-state index is 0.426. The van der Waals surface area contributed by atoms with Crippen LogP contribution >= 0.6 is 0 Å². The number of benzene rings is 2. The Morgan fingerprint density at radius 1 is 1.00 bits per heavy atom. The summed E-state index contributed by atoms with van der Waals surface area (Å²) in [5.41, 5.74) is 1.06. The Hall–Kier alpha value is -1.54. The molecule has 0 amide bonds. The van der Waals surface area contributed by atoms with Crippen molar-refractivity contribution < 1.29 is 5.11 Å². The maximum absolute atomic E-state index is 10.2. The second-order valence-corrected chi connectivity index (χ2v) is 7.18. The zero-order valence-corrected chi connectivity index (χ0v) is 12.1. The average Bonchev–Trinajstić information content (AvgIpc) is 2.90. The Bertz CT molecular complexity index is 694. The van der Waals surface area contributed by atoms with Crippen LogP contribution in [0.3, 0.4) is 0 Å². The zero-order chi connectivity index (χ0) is 14.0. The second-order valence-electron chi connectivity index (χ2n) is 7.18. The first-order valence-corrected chi connectivity index (χ1v) is 8.26. The minimum Gasteiger partial charge on any atom is -0.508 e. The summed E-state index contributed by atoms with van der Waals surface area (Å²) in [7, 11) is 0. The molecule has 0 aromatic heterocycles. The van der Waals surface area contributed by atoms with Gasteiger partial charge in [-0.2, -0.15) is 0 Å². The lowest BCUT2D eigenvalue weighted by atomic mass is 10.0. The van der Waals surface area contributed by atoms with Gasteiger partial charge in [0.1, 0.15) is 5.75 Å². The van der Waals surface area contributed by atoms with Crippen LogP contribution in [0.15, 0.2) is 36.4 Å². The van der Waals surface area contributed by atoms with Gasteiger partial charge in [0.05, 0.1) is 0 Å². The summed E-state index contributed by atoms with van der Waals surface area (Å²) in [4.78, 5) is 0. The molecule has 3 saturated carbocycles. The number of fused-ring (bicyclic) bond motifs is 6. The van der Waals surface area contributed by atoms with E-state index in [-0.39, 0.29) is 0 Å². The highest BCUT2D eigenvalue weighted by Crippen LogP contribution is 2.65. The van der Waals surface area contributed by atoms with Crippen molar-refractivity contribution in [3.63, 3.8) is 0 Å². The fraction of sp³-hybridized carbons (Fsp3) is 0.474. The summed E-state index contributed by atoms with van der Waals surface area (Å²) < 4.78 is 0. The molecule has 5 rings (SSSR count). The second kappa shape index (κ2) is 4.23. The summed E-state index contributed by atoms with van der Waals surface area (Å²) in [6, 6.07) is 12.9. The number of rotatable bonds is 3. The number of hydrogen-bond acceptors (Lipinski definition) is 2. The van der Waals surface area contributed by atoms with Gasteiger partial charge in [-0.25, -0.2) is 0 Å². The van der Waals surface area contributed by atoms with E-state index in [1.807, 2.05) is 12.1 Å². The van der Waals surface area contributed by atoms with Gasteiger partial charge in [-0.1, -0.05) is 30.3 Å². The normalized spacial score (nSPS) is 36.1. The van der Waals surface area contributed by atoms with Crippen LogP contribution in [0.25, 0.3) is 10.8 Å². The molecule has 0 saturated heterocycles. The van der Waals surface area contributed by atoms with Crippen molar-refractivity contribution in [2.75, 3.05) is 0 Å². The molecule has 3 aliphatic rings. The maximum Gasteiger partial charge on any atom is 0.120 e. The van der Waals surface area contributed by atoms with Crippen LogP contribution in [-0.2, 0) is 6.54 Å². The first-order chi connectivity index (χ1) is 10.3. The van der Waals surface area contributed by atoms with Gasteiger partial charge < -0.3 is 10.4 Å². The zero-order valence-electron chi connectivity index (χ0n) is 12.1. The van der Waals surface area contributed by atoms with E-state index in [4.69, 9.17) is 0 Å². The summed E-state index contributed by atoms with van der Waals surface area (Å²) in [5.74, 6) is 4.31. The topological polar surface area (TPSA) is 32.3 Å². The molecular formula is C19H21NO. The van der Waals surface area contributed by atoms with Gasteiger partial charge >= 0.3 is 0 Å². The predicted octanol–water partition coefficient (Wildman–Crippen LogP) is 3.68. The third kappa shape index (κ3) is 1.69. The summed E-state index contributed by atoms with van der Waals surface area (Å²) in [5, 5.41) is 16.4. The Morgan fingerprint density at radius 3 is 2.57 bits per heavy atom. The van der Waals surface area contributed by atoms with E-state index < -0.39 is 0 Å². The molecule has 0 aliphatic heterocycles. The molecule has 2 aromatic rings. The lowest BCUT2D eigenvalue weighted by molar-refractivity contribution is 0.446. The van der Waals surface area contributed by atoms with E-state index in [0.29, 0.717) is 5.75 Å². The number of hydrogen-bond donors (Lipinski definition) is 2. The lowest BCUT2D eigenvalue weighted by Gasteiger charge is -2.13. The Labute approximate surface area is 125 Å². The predicted molar refractivity (Wildman–Crippen MR) is 84.1 cm³/mol. The van der Waals surface area contributed by atoms with Crippen LogP contribution in [0.4, 0.5) is 0 Å². The van der Waals surface area contributed by atoms with Crippen molar-refractivity contribution in [3.8, 4) is 5.75 Å². The molecular weight excluding hydrogens is 258 g/mol. The monoisotopic (exact) mass is 279 g/mol. The molecule has 0 spiro atoms. The Morgan fingerprint density at radius 2 is 1.76 bits per heavy atom. The van der Waals surface area contributed by atoms with Gasteiger partial charge in [0.25, 0.3) is 0 Å². The molecule has 2 aromatic carbocycles. The molecule has 3 aliphatic carbocycles. The standard InChI is InChI=1S/C19H21NO/c21-16-8-7-11-3-1-2-4-14(11)15(16)10-20-19-17-12-5-6-13(9-12)18(17)19/h1-4,7-8,12-13,17-21H,5-6,9-10H2. The van der Waals surface area contributed by atoms with E-state index in [9.17, 15) is 5.11 Å². The third-order valence-electron chi connectivity index (χ3n) is 6.27. The molecule has 4 unspecified atom stereocenters. The van der Waals surface area contributed by atoms with Crippen molar-refractivity contribution in [3.05, 3.63) is 42.0 Å². The smallest absolute Gasteiger partial charge is 0.120 e. The highest BCUT2D eigenvalue weighted by Gasteiger charge is 2.64. The lowest BCUT2D eigenvalue weighted by Crippen LogP contribution is -2.22. The van der Waals surface area contributed by atoms with Gasteiger partial charge in [0.2, 0.25) is 0 Å². The largest absolute Gasteiger partial charge is 0.508 e. The molecule has 21 heavy (non-hydrogen) atoms. The van der Waals surface area contributed by atoms with Gasteiger partial charge in [-0.15, -0.1) is 0 Å². The van der Waals surface area contributed by atoms with Crippen molar-refractivity contribution >= 4 is 10.8 Å². The van der Waals surface area contributed by atoms with E-state index in [1.54, 1.807) is 0 Å². The van der Waals surface area contributed by atoms with Crippen LogP contribution in [0.2, 0.25) is 0 Å². The molecule has 2 heteroatoms. The first kappa shape index (κ1) is 12.0. The van der Waals surface area contributed by atoms with Crippen LogP contribution < -0.4 is 5.32 Å². The molecule has 2 nitrogen and oxygen atoms in total. The maximum atomic E-state index is 10.2. The van der Waals surface area contributed by atoms with Gasteiger partial charge in [-0.05, 0) is 59.8 Å². The van der Waals surface area contributed by atoms with E-state index in [1.165, 1.54) is 30.0 Å². The number of phenolic OH excluding ortho intramolecular Hbond substituents is 1. The molecule has 4 atom stereocenters. The van der Waals surface area contributed by atoms with Crippen LogP contribution in [0.1, 0.15) is 24.8 Å². The van der Waals surface area contributed by atoms with Crippen molar-refractivity contribution in [1.29, 1.82) is 0 Å². The molecule has 3 fully saturated rings. The summed E-state index contributed by atoms with van der Waals surface area (Å²) in [6.45, 7) is 0.796. The molecule has 0 radical (unpaired) electrons. The van der Waals surface area contributed by atoms with Crippen LogP contribution in [-0.4, -0.2) is 11.1 Å². The molecule has 108 valence electrons. The SMILES string of the molecule is Oc1ccc2ccccc2c1CNC1C2C3CCC(C3)C12. The average molecular weight is 279 g/mol. The van der Waals surface area contributed by atoms with Crippen molar-refractivity contribution in [2.24, 2.45) is 23.7 Å². The summed E-state index contributed by atoms with van der Waals surface area (Å²) in [6.07, 6.45) is 4.42. The first-order valence-electron chi connectivity index (χ1n) is 8.26. The number of aromatic hydroxyl groups is 1. The van der Waals surface area contributed by atoms with E-state index in [2.05, 4.69) is 29.6 Å². The third-order valence-corrected chi connectivity index (χ3v) is 6.27. The van der Waals surface area contributed by atoms with E-state index in [0.717, 1.165) is 41.8 Å². The molecule has 2 bridgehead atoms. The fourth-order valence-electron chi connectivity index (χ4n) is 5.33. The quantitative estimate of drug-likeness (QED) is 0.898.